The van der Waals surface area contributed by atoms with Crippen LogP contribution < -0.4 is 5.73 Å². The Hall–Kier alpha value is -0.260. The van der Waals surface area contributed by atoms with Crippen LogP contribution in [0.3, 0.4) is 0 Å². The predicted octanol–water partition coefficient (Wildman–Crippen LogP) is 4.21. The van der Waals surface area contributed by atoms with Crippen LogP contribution in [0.4, 0.5) is 13.2 Å². The first-order chi connectivity index (χ1) is 6.88. The van der Waals surface area contributed by atoms with Crippen molar-refractivity contribution in [3.05, 3.63) is 34.3 Å². The van der Waals surface area contributed by atoms with Gasteiger partial charge in [-0.05, 0) is 24.1 Å². The molecule has 0 saturated carbocycles. The lowest BCUT2D eigenvalue weighted by Gasteiger charge is -2.13. The summed E-state index contributed by atoms with van der Waals surface area (Å²) in [7, 11) is 0. The largest absolute Gasteiger partial charge is 0.389 e. The van der Waals surface area contributed by atoms with Gasteiger partial charge in [-0.1, -0.05) is 28.1 Å². The fourth-order valence-corrected chi connectivity index (χ4v) is 1.46. The zero-order chi connectivity index (χ0) is 11.5. The van der Waals surface area contributed by atoms with Crippen molar-refractivity contribution >= 4 is 28.3 Å². The molecular weight excluding hydrogens is 306 g/mol. The van der Waals surface area contributed by atoms with Crippen LogP contribution in [0, 0.1) is 0 Å². The van der Waals surface area contributed by atoms with Crippen molar-refractivity contribution in [3.63, 3.8) is 0 Å². The van der Waals surface area contributed by atoms with Crippen LogP contribution in [-0.4, -0.2) is 6.18 Å². The maximum Gasteiger partial charge on any atom is 0.389 e. The maximum absolute atomic E-state index is 11.9. The molecule has 1 rings (SSSR count). The van der Waals surface area contributed by atoms with Gasteiger partial charge in [0.15, 0.2) is 0 Å². The number of nitrogens with two attached hydrogens (primary N) is 1. The van der Waals surface area contributed by atoms with E-state index in [4.69, 9.17) is 5.73 Å². The number of hydrogen-bond acceptors (Lipinski definition) is 1. The second kappa shape index (κ2) is 6.47. The molecule has 0 radical (unpaired) electrons. The number of halogens is 5. The molecule has 92 valence electrons. The third-order valence-electron chi connectivity index (χ3n) is 2.04. The normalized spacial score (nSPS) is 13.1. The highest BCUT2D eigenvalue weighted by Gasteiger charge is 2.27. The van der Waals surface area contributed by atoms with E-state index in [-0.39, 0.29) is 18.8 Å². The van der Waals surface area contributed by atoms with Gasteiger partial charge in [-0.25, -0.2) is 0 Å². The third-order valence-corrected chi connectivity index (χ3v) is 2.57. The fourth-order valence-electron chi connectivity index (χ4n) is 1.20. The molecule has 0 spiro atoms. The summed E-state index contributed by atoms with van der Waals surface area (Å²) in [6.07, 6.45) is -5.05. The van der Waals surface area contributed by atoms with E-state index in [2.05, 4.69) is 15.9 Å². The second-order valence-electron chi connectivity index (χ2n) is 3.31. The molecule has 16 heavy (non-hydrogen) atoms. The Labute approximate surface area is 107 Å². The average molecular weight is 319 g/mol. The smallest absolute Gasteiger partial charge is 0.324 e. The lowest BCUT2D eigenvalue weighted by Crippen LogP contribution is -2.15. The van der Waals surface area contributed by atoms with E-state index in [1.165, 1.54) is 0 Å². The molecule has 0 heterocycles. The minimum Gasteiger partial charge on any atom is -0.324 e. The van der Waals surface area contributed by atoms with Crippen LogP contribution in [0.2, 0.25) is 0 Å². The number of alkyl halides is 3. The van der Waals surface area contributed by atoms with E-state index in [9.17, 15) is 13.2 Å². The second-order valence-corrected chi connectivity index (χ2v) is 4.23. The molecule has 1 aromatic carbocycles. The van der Waals surface area contributed by atoms with Gasteiger partial charge in [-0.3, -0.25) is 0 Å². The minimum atomic E-state index is -4.13. The van der Waals surface area contributed by atoms with Crippen molar-refractivity contribution in [1.82, 2.24) is 0 Å². The van der Waals surface area contributed by atoms with Gasteiger partial charge in [-0.15, -0.1) is 12.4 Å². The predicted molar refractivity (Wildman–Crippen MR) is 63.6 cm³/mol. The number of hydrogen-bond donors (Lipinski definition) is 1. The van der Waals surface area contributed by atoms with E-state index in [0.717, 1.165) is 10.0 Å². The van der Waals surface area contributed by atoms with E-state index >= 15 is 0 Å². The first-order valence-electron chi connectivity index (χ1n) is 4.46. The van der Waals surface area contributed by atoms with Gasteiger partial charge in [-0.2, -0.15) is 13.2 Å². The van der Waals surface area contributed by atoms with Crippen molar-refractivity contribution in [3.8, 4) is 0 Å². The summed E-state index contributed by atoms with van der Waals surface area (Å²) in [6.45, 7) is 0. The van der Waals surface area contributed by atoms with Gasteiger partial charge in [0, 0.05) is 16.9 Å². The zero-order valence-electron chi connectivity index (χ0n) is 8.30. The van der Waals surface area contributed by atoms with Crippen LogP contribution in [0.5, 0.6) is 0 Å². The molecule has 0 aliphatic rings. The highest BCUT2D eigenvalue weighted by Crippen LogP contribution is 2.26. The zero-order valence-corrected chi connectivity index (χ0v) is 10.7. The Balaban J connectivity index is 0.00000225. The molecule has 0 aliphatic heterocycles. The number of rotatable bonds is 3. The fraction of sp³-hybridized carbons (Fsp3) is 0.400. The first kappa shape index (κ1) is 15.7. The Morgan fingerprint density at radius 2 is 1.69 bits per heavy atom. The maximum atomic E-state index is 11.9. The summed E-state index contributed by atoms with van der Waals surface area (Å²) in [6, 6.07) is 6.43. The molecule has 2 N–H and O–H groups in total. The molecule has 1 atom stereocenters. The van der Waals surface area contributed by atoms with Gasteiger partial charge in [0.1, 0.15) is 0 Å². The standard InChI is InChI=1S/C10H11BrF3N.ClH/c11-8-3-1-7(2-4-8)9(15)5-6-10(12,13)14;/h1-4,9H,5-6,15H2;1H/t9-;/m1./s1. The van der Waals surface area contributed by atoms with E-state index < -0.39 is 18.6 Å². The van der Waals surface area contributed by atoms with Gasteiger partial charge >= 0.3 is 6.18 Å². The molecular formula is C10H12BrClF3N. The molecule has 0 amide bonds. The van der Waals surface area contributed by atoms with Crippen molar-refractivity contribution in [2.24, 2.45) is 5.73 Å². The van der Waals surface area contributed by atoms with Gasteiger partial charge in [0.05, 0.1) is 0 Å². The van der Waals surface area contributed by atoms with Crippen LogP contribution in [0.1, 0.15) is 24.4 Å². The Bertz CT molecular complexity index is 313. The molecule has 0 saturated heterocycles. The van der Waals surface area contributed by atoms with Crippen molar-refractivity contribution in [1.29, 1.82) is 0 Å². The van der Waals surface area contributed by atoms with Crippen molar-refractivity contribution in [2.75, 3.05) is 0 Å². The molecule has 0 bridgehead atoms. The van der Waals surface area contributed by atoms with Gasteiger partial charge < -0.3 is 5.73 Å². The summed E-state index contributed by atoms with van der Waals surface area (Å²) in [5, 5.41) is 0. The molecule has 6 heteroatoms. The Kier molecular flexibility index (Phi) is 6.36. The van der Waals surface area contributed by atoms with E-state index in [1.807, 2.05) is 0 Å². The molecule has 0 aromatic heterocycles. The molecule has 1 nitrogen and oxygen atoms in total. The summed E-state index contributed by atoms with van der Waals surface area (Å²) in [4.78, 5) is 0. The Morgan fingerprint density at radius 3 is 2.12 bits per heavy atom. The molecule has 1 aromatic rings. The van der Waals surface area contributed by atoms with Crippen LogP contribution >= 0.6 is 28.3 Å². The van der Waals surface area contributed by atoms with Crippen LogP contribution in [-0.2, 0) is 0 Å². The molecule has 0 fully saturated rings. The lowest BCUT2D eigenvalue weighted by molar-refractivity contribution is -0.136. The summed E-state index contributed by atoms with van der Waals surface area (Å²) < 4.78 is 36.7. The van der Waals surface area contributed by atoms with E-state index in [0.29, 0.717) is 0 Å². The van der Waals surface area contributed by atoms with Crippen LogP contribution in [0.15, 0.2) is 28.7 Å². The molecule has 0 aliphatic carbocycles. The summed E-state index contributed by atoms with van der Waals surface area (Å²) in [5.41, 5.74) is 6.36. The quantitative estimate of drug-likeness (QED) is 0.887. The van der Waals surface area contributed by atoms with Crippen molar-refractivity contribution < 1.29 is 13.2 Å². The summed E-state index contributed by atoms with van der Waals surface area (Å²) in [5.74, 6) is 0. The topological polar surface area (TPSA) is 26.0 Å². The number of benzene rings is 1. The van der Waals surface area contributed by atoms with Crippen molar-refractivity contribution in [2.45, 2.75) is 25.1 Å². The lowest BCUT2D eigenvalue weighted by atomic mass is 10.0. The Morgan fingerprint density at radius 1 is 1.19 bits per heavy atom. The summed E-state index contributed by atoms with van der Waals surface area (Å²) >= 11 is 3.24. The van der Waals surface area contributed by atoms with Crippen LogP contribution in [0.25, 0.3) is 0 Å². The van der Waals surface area contributed by atoms with Gasteiger partial charge in [0.25, 0.3) is 0 Å². The average Bonchev–Trinajstić information content (AvgIpc) is 2.14. The third kappa shape index (κ3) is 5.72. The minimum absolute atomic E-state index is 0. The molecule has 0 unspecified atom stereocenters. The SMILES string of the molecule is Cl.N[C@H](CCC(F)(F)F)c1ccc(Br)cc1. The highest BCUT2D eigenvalue weighted by atomic mass is 79.9. The van der Waals surface area contributed by atoms with E-state index in [1.54, 1.807) is 24.3 Å². The van der Waals surface area contributed by atoms with Gasteiger partial charge in [0.2, 0.25) is 0 Å². The highest BCUT2D eigenvalue weighted by molar-refractivity contribution is 9.10. The monoisotopic (exact) mass is 317 g/mol. The first-order valence-corrected chi connectivity index (χ1v) is 5.25.